The van der Waals surface area contributed by atoms with Gasteiger partial charge in [0.1, 0.15) is 5.69 Å². The Kier molecular flexibility index (Phi) is 3.03. The average Bonchev–Trinajstić information content (AvgIpc) is 2.88. The Morgan fingerprint density at radius 1 is 1.05 bits per heavy atom. The summed E-state index contributed by atoms with van der Waals surface area (Å²) in [5.74, 6) is -0.347. The predicted molar refractivity (Wildman–Crippen MR) is 79.8 cm³/mol. The van der Waals surface area contributed by atoms with Gasteiger partial charge < -0.3 is 9.72 Å². The average molecular weight is 265 g/mol. The van der Waals surface area contributed by atoms with Gasteiger partial charge in [0.25, 0.3) is 0 Å². The molecule has 1 N–H and O–H groups in total. The molecule has 0 radical (unpaired) electrons. The van der Waals surface area contributed by atoms with Gasteiger partial charge in [0.2, 0.25) is 0 Å². The Balaban J connectivity index is 2.10. The standard InChI is InChI=1S/C17H15NO2/c1-11-15(10-16(18-11)17(19)20-2)14-8-7-12-5-3-4-6-13(12)9-14/h3-10,18H,1-2H3. The monoisotopic (exact) mass is 265 g/mol. The molecule has 20 heavy (non-hydrogen) atoms. The number of aryl methyl sites for hydroxylation is 1. The van der Waals surface area contributed by atoms with Crippen LogP contribution in [0, 0.1) is 6.92 Å². The number of carbonyl (C=O) groups is 1. The van der Waals surface area contributed by atoms with Gasteiger partial charge in [-0.05, 0) is 35.4 Å². The van der Waals surface area contributed by atoms with Crippen LogP contribution in [0.1, 0.15) is 16.2 Å². The van der Waals surface area contributed by atoms with Crippen LogP contribution in [0.3, 0.4) is 0 Å². The first kappa shape index (κ1) is 12.5. The van der Waals surface area contributed by atoms with Crippen LogP contribution in [-0.2, 0) is 4.74 Å². The summed E-state index contributed by atoms with van der Waals surface area (Å²) in [6.07, 6.45) is 0. The van der Waals surface area contributed by atoms with Crippen molar-refractivity contribution in [2.75, 3.05) is 7.11 Å². The number of aromatic nitrogens is 1. The van der Waals surface area contributed by atoms with Crippen LogP contribution < -0.4 is 0 Å². The zero-order chi connectivity index (χ0) is 14.1. The van der Waals surface area contributed by atoms with E-state index < -0.39 is 0 Å². The third-order valence-corrected chi connectivity index (χ3v) is 3.48. The molecule has 100 valence electrons. The van der Waals surface area contributed by atoms with E-state index in [9.17, 15) is 4.79 Å². The van der Waals surface area contributed by atoms with Crippen molar-refractivity contribution in [3.63, 3.8) is 0 Å². The van der Waals surface area contributed by atoms with Gasteiger partial charge in [-0.15, -0.1) is 0 Å². The molecule has 3 aromatic rings. The minimum absolute atomic E-state index is 0.347. The fourth-order valence-corrected chi connectivity index (χ4v) is 2.43. The lowest BCUT2D eigenvalue weighted by Crippen LogP contribution is -2.00. The maximum Gasteiger partial charge on any atom is 0.354 e. The van der Waals surface area contributed by atoms with Gasteiger partial charge in [0.05, 0.1) is 7.11 Å². The Bertz CT molecular complexity index is 787. The molecular formula is C17H15NO2. The topological polar surface area (TPSA) is 42.1 Å². The Labute approximate surface area is 117 Å². The van der Waals surface area contributed by atoms with Crippen LogP contribution in [0.15, 0.2) is 48.5 Å². The summed E-state index contributed by atoms with van der Waals surface area (Å²) in [7, 11) is 1.38. The molecule has 0 spiro atoms. The SMILES string of the molecule is COC(=O)c1cc(-c2ccc3ccccc3c2)c(C)[nH]1. The smallest absolute Gasteiger partial charge is 0.354 e. The molecule has 2 aromatic carbocycles. The van der Waals surface area contributed by atoms with Crippen LogP contribution in [0.4, 0.5) is 0 Å². The van der Waals surface area contributed by atoms with Crippen molar-refractivity contribution in [1.29, 1.82) is 0 Å². The van der Waals surface area contributed by atoms with E-state index in [0.29, 0.717) is 5.69 Å². The molecular weight excluding hydrogens is 250 g/mol. The summed E-state index contributed by atoms with van der Waals surface area (Å²) >= 11 is 0. The number of fused-ring (bicyclic) bond motifs is 1. The molecule has 0 atom stereocenters. The van der Waals surface area contributed by atoms with Gasteiger partial charge in [-0.3, -0.25) is 0 Å². The fraction of sp³-hybridized carbons (Fsp3) is 0.118. The Morgan fingerprint density at radius 3 is 2.55 bits per heavy atom. The molecule has 0 fully saturated rings. The molecule has 0 bridgehead atoms. The summed E-state index contributed by atoms with van der Waals surface area (Å²) in [5, 5.41) is 2.39. The molecule has 0 aliphatic rings. The summed E-state index contributed by atoms with van der Waals surface area (Å²) < 4.78 is 4.74. The quantitative estimate of drug-likeness (QED) is 0.713. The lowest BCUT2D eigenvalue weighted by Gasteiger charge is -2.03. The first-order valence-corrected chi connectivity index (χ1v) is 6.46. The Hall–Kier alpha value is -2.55. The number of hydrogen-bond donors (Lipinski definition) is 1. The minimum atomic E-state index is -0.347. The first-order valence-electron chi connectivity index (χ1n) is 6.46. The number of ether oxygens (including phenoxy) is 1. The largest absolute Gasteiger partial charge is 0.464 e. The van der Waals surface area contributed by atoms with Crippen LogP contribution in [0.5, 0.6) is 0 Å². The van der Waals surface area contributed by atoms with Crippen molar-refractivity contribution in [1.82, 2.24) is 4.98 Å². The van der Waals surface area contributed by atoms with Gasteiger partial charge >= 0.3 is 5.97 Å². The highest BCUT2D eigenvalue weighted by Gasteiger charge is 2.13. The van der Waals surface area contributed by atoms with E-state index in [-0.39, 0.29) is 5.97 Å². The van der Waals surface area contributed by atoms with Crippen molar-refractivity contribution in [3.05, 3.63) is 59.9 Å². The molecule has 3 heteroatoms. The van der Waals surface area contributed by atoms with E-state index in [4.69, 9.17) is 4.74 Å². The molecule has 0 aliphatic carbocycles. The number of carbonyl (C=O) groups excluding carboxylic acids is 1. The third kappa shape index (κ3) is 2.07. The molecule has 1 aromatic heterocycles. The molecule has 0 unspecified atom stereocenters. The number of benzene rings is 2. The summed E-state index contributed by atoms with van der Waals surface area (Å²) in [6.45, 7) is 1.96. The Morgan fingerprint density at radius 2 is 1.80 bits per heavy atom. The van der Waals surface area contributed by atoms with E-state index in [1.54, 1.807) is 0 Å². The van der Waals surface area contributed by atoms with E-state index >= 15 is 0 Å². The lowest BCUT2D eigenvalue weighted by molar-refractivity contribution is 0.0594. The van der Waals surface area contributed by atoms with Crippen molar-refractivity contribution in [3.8, 4) is 11.1 Å². The first-order chi connectivity index (χ1) is 9.69. The highest BCUT2D eigenvalue weighted by atomic mass is 16.5. The molecule has 0 aliphatic heterocycles. The second kappa shape index (κ2) is 4.85. The van der Waals surface area contributed by atoms with E-state index in [1.165, 1.54) is 17.9 Å². The highest BCUT2D eigenvalue weighted by molar-refractivity contribution is 5.92. The summed E-state index contributed by atoms with van der Waals surface area (Å²) in [5.41, 5.74) is 3.55. The molecule has 0 saturated carbocycles. The number of hydrogen-bond acceptors (Lipinski definition) is 2. The normalized spacial score (nSPS) is 10.7. The van der Waals surface area contributed by atoms with Gasteiger partial charge in [-0.1, -0.05) is 36.4 Å². The van der Waals surface area contributed by atoms with Crippen LogP contribution in [-0.4, -0.2) is 18.1 Å². The summed E-state index contributed by atoms with van der Waals surface area (Å²) in [4.78, 5) is 14.6. The van der Waals surface area contributed by atoms with Crippen molar-refractivity contribution in [2.45, 2.75) is 6.92 Å². The van der Waals surface area contributed by atoms with Crippen LogP contribution in [0.2, 0.25) is 0 Å². The highest BCUT2D eigenvalue weighted by Crippen LogP contribution is 2.28. The fourth-order valence-electron chi connectivity index (χ4n) is 2.43. The van der Waals surface area contributed by atoms with E-state index in [0.717, 1.165) is 16.8 Å². The number of rotatable bonds is 2. The minimum Gasteiger partial charge on any atom is -0.464 e. The molecule has 3 rings (SSSR count). The molecule has 0 amide bonds. The van der Waals surface area contributed by atoms with E-state index in [2.05, 4.69) is 35.3 Å². The van der Waals surface area contributed by atoms with Gasteiger partial charge in [0, 0.05) is 11.3 Å². The lowest BCUT2D eigenvalue weighted by atomic mass is 10.0. The maximum atomic E-state index is 11.6. The molecule has 0 saturated heterocycles. The second-order valence-electron chi connectivity index (χ2n) is 4.78. The van der Waals surface area contributed by atoms with Gasteiger partial charge in [0.15, 0.2) is 0 Å². The zero-order valence-electron chi connectivity index (χ0n) is 11.4. The number of esters is 1. The maximum absolute atomic E-state index is 11.6. The number of nitrogens with one attached hydrogen (secondary N) is 1. The molecule has 3 nitrogen and oxygen atoms in total. The molecule has 1 heterocycles. The van der Waals surface area contributed by atoms with Gasteiger partial charge in [-0.2, -0.15) is 0 Å². The second-order valence-corrected chi connectivity index (χ2v) is 4.78. The predicted octanol–water partition coefficient (Wildman–Crippen LogP) is 3.93. The van der Waals surface area contributed by atoms with Crippen LogP contribution in [0.25, 0.3) is 21.9 Å². The number of H-pyrrole nitrogens is 1. The van der Waals surface area contributed by atoms with Gasteiger partial charge in [-0.25, -0.2) is 4.79 Å². The zero-order valence-corrected chi connectivity index (χ0v) is 11.4. The number of aromatic amines is 1. The number of methoxy groups -OCH3 is 1. The van der Waals surface area contributed by atoms with E-state index in [1.807, 2.05) is 25.1 Å². The summed E-state index contributed by atoms with van der Waals surface area (Å²) in [6, 6.07) is 16.4. The van der Waals surface area contributed by atoms with Crippen molar-refractivity contribution >= 4 is 16.7 Å². The van der Waals surface area contributed by atoms with Crippen molar-refractivity contribution in [2.24, 2.45) is 0 Å². The third-order valence-electron chi connectivity index (χ3n) is 3.48. The van der Waals surface area contributed by atoms with Crippen molar-refractivity contribution < 1.29 is 9.53 Å². The van der Waals surface area contributed by atoms with Crippen LogP contribution >= 0.6 is 0 Å².